The molecule has 0 aliphatic carbocycles. The molecule has 0 radical (unpaired) electrons. The topological polar surface area (TPSA) is 79.3 Å². The molecule has 0 bridgehead atoms. The van der Waals surface area contributed by atoms with Gasteiger partial charge in [0.25, 0.3) is 5.91 Å². The van der Waals surface area contributed by atoms with Gasteiger partial charge < -0.3 is 29.2 Å². The molecular weight excluding hydrogens is 396 g/mol. The van der Waals surface area contributed by atoms with Gasteiger partial charge in [0.15, 0.2) is 5.54 Å². The van der Waals surface area contributed by atoms with Crippen molar-refractivity contribution in [1.82, 2.24) is 14.8 Å². The van der Waals surface area contributed by atoms with Gasteiger partial charge in [-0.1, -0.05) is 0 Å². The van der Waals surface area contributed by atoms with E-state index in [4.69, 9.17) is 9.47 Å². The number of quaternary nitrogens is 1. The quantitative estimate of drug-likeness (QED) is 0.700. The maximum atomic E-state index is 13.7. The van der Waals surface area contributed by atoms with Crippen molar-refractivity contribution >= 4 is 22.7 Å². The lowest BCUT2D eigenvalue weighted by Gasteiger charge is -2.49. The van der Waals surface area contributed by atoms with Gasteiger partial charge in [-0.05, 0) is 37.1 Å². The van der Waals surface area contributed by atoms with Gasteiger partial charge in [-0.2, -0.15) is 0 Å². The van der Waals surface area contributed by atoms with E-state index in [1.54, 1.807) is 16.9 Å². The van der Waals surface area contributed by atoms with Crippen molar-refractivity contribution in [3.05, 3.63) is 29.5 Å². The molecule has 1 atom stereocenters. The van der Waals surface area contributed by atoms with Gasteiger partial charge in [0, 0.05) is 30.4 Å². The third-order valence-electron chi connectivity index (χ3n) is 7.21. The Morgan fingerprint density at radius 2 is 2.06 bits per heavy atom. The predicted octanol–water partition coefficient (Wildman–Crippen LogP) is -0.0762. The molecule has 1 aromatic carbocycles. The Morgan fingerprint density at radius 1 is 1.26 bits per heavy atom. The van der Waals surface area contributed by atoms with E-state index >= 15 is 0 Å². The van der Waals surface area contributed by atoms with Crippen LogP contribution in [0.1, 0.15) is 24.6 Å². The fourth-order valence-corrected chi connectivity index (χ4v) is 5.45. The van der Waals surface area contributed by atoms with Crippen LogP contribution in [0.15, 0.2) is 18.2 Å². The fourth-order valence-electron chi connectivity index (χ4n) is 5.45. The minimum absolute atomic E-state index is 0.0172. The standard InChI is InChI=1S/C23H30N4O4/c1-23-21-17(18-14-16(30-2)4-5-19(18)24-21)6-9-27(23)20(28)15-26(22(23)29)8-3-7-25-10-12-31-13-11-25/h4-5,14,24H,3,6-13,15H2,1-2H3/p+1/t23-/m1/s1. The number of hydrogen-bond donors (Lipinski definition) is 2. The van der Waals surface area contributed by atoms with Gasteiger partial charge >= 0.3 is 0 Å². The van der Waals surface area contributed by atoms with E-state index in [0.29, 0.717) is 13.1 Å². The molecule has 31 heavy (non-hydrogen) atoms. The number of benzene rings is 1. The lowest BCUT2D eigenvalue weighted by Crippen LogP contribution is -3.14. The number of aromatic nitrogens is 1. The maximum absolute atomic E-state index is 13.7. The van der Waals surface area contributed by atoms with Crippen LogP contribution >= 0.6 is 0 Å². The normalized spacial score (nSPS) is 24.5. The molecule has 2 amide bonds. The average molecular weight is 428 g/mol. The minimum Gasteiger partial charge on any atom is -0.497 e. The number of carbonyl (C=O) groups excluding carboxylic acids is 2. The highest BCUT2D eigenvalue weighted by Crippen LogP contribution is 2.42. The number of carbonyl (C=O) groups is 2. The summed E-state index contributed by atoms with van der Waals surface area (Å²) in [6.45, 7) is 7.88. The van der Waals surface area contributed by atoms with Crippen LogP contribution in [0.4, 0.5) is 0 Å². The van der Waals surface area contributed by atoms with E-state index in [1.807, 2.05) is 25.1 Å². The number of nitrogens with zero attached hydrogens (tertiary/aromatic N) is 2. The lowest BCUT2D eigenvalue weighted by molar-refractivity contribution is -0.908. The molecular formula is C23H31N4O4+. The van der Waals surface area contributed by atoms with Gasteiger partial charge in [0.2, 0.25) is 5.91 Å². The van der Waals surface area contributed by atoms with Crippen LogP contribution in [-0.2, 0) is 26.3 Å². The van der Waals surface area contributed by atoms with Crippen LogP contribution in [0.3, 0.4) is 0 Å². The number of fused-ring (bicyclic) bond motifs is 5. The van der Waals surface area contributed by atoms with Crippen LogP contribution in [0, 0.1) is 0 Å². The van der Waals surface area contributed by atoms with Gasteiger partial charge in [-0.15, -0.1) is 0 Å². The molecule has 0 saturated carbocycles. The average Bonchev–Trinajstić information content (AvgIpc) is 3.17. The second kappa shape index (κ2) is 7.84. The van der Waals surface area contributed by atoms with Crippen molar-refractivity contribution in [3.8, 4) is 5.75 Å². The highest BCUT2D eigenvalue weighted by Gasteiger charge is 2.54. The molecule has 5 rings (SSSR count). The Bertz CT molecular complexity index is 1010. The van der Waals surface area contributed by atoms with Crippen LogP contribution in [0.25, 0.3) is 10.9 Å². The zero-order chi connectivity index (χ0) is 21.6. The number of ether oxygens (including phenoxy) is 2. The van der Waals surface area contributed by atoms with Crippen molar-refractivity contribution in [2.45, 2.75) is 25.3 Å². The smallest absolute Gasteiger partial charge is 0.254 e. The predicted molar refractivity (Wildman–Crippen MR) is 115 cm³/mol. The number of rotatable bonds is 5. The first-order chi connectivity index (χ1) is 15.0. The molecule has 4 heterocycles. The number of methoxy groups -OCH3 is 1. The molecule has 2 aromatic rings. The molecule has 3 aliphatic heterocycles. The number of piperazine rings is 1. The van der Waals surface area contributed by atoms with E-state index in [1.165, 1.54) is 4.90 Å². The summed E-state index contributed by atoms with van der Waals surface area (Å²) in [6.07, 6.45) is 1.62. The van der Waals surface area contributed by atoms with Crippen molar-refractivity contribution in [1.29, 1.82) is 0 Å². The number of amides is 2. The zero-order valence-electron chi connectivity index (χ0n) is 18.3. The minimum atomic E-state index is -0.985. The molecule has 2 fully saturated rings. The van der Waals surface area contributed by atoms with Crippen molar-refractivity contribution in [3.63, 3.8) is 0 Å². The highest BCUT2D eigenvalue weighted by molar-refractivity contribution is 6.00. The summed E-state index contributed by atoms with van der Waals surface area (Å²) in [7, 11) is 1.66. The van der Waals surface area contributed by atoms with Crippen molar-refractivity contribution < 1.29 is 24.0 Å². The monoisotopic (exact) mass is 427 g/mol. The van der Waals surface area contributed by atoms with E-state index in [0.717, 1.165) is 73.6 Å². The molecule has 8 nitrogen and oxygen atoms in total. The fraction of sp³-hybridized carbons (Fsp3) is 0.565. The second-order valence-electron chi connectivity index (χ2n) is 8.95. The first-order valence-corrected chi connectivity index (χ1v) is 11.2. The molecule has 2 N–H and O–H groups in total. The maximum Gasteiger partial charge on any atom is 0.254 e. The SMILES string of the molecule is COc1ccc2[nH]c3c(c2c1)CCN1C(=O)CN(CCC[NH+]2CCOCC2)C(=O)[C@@]31C. The Balaban J connectivity index is 1.41. The van der Waals surface area contributed by atoms with Gasteiger partial charge in [0.05, 0.1) is 39.1 Å². The molecule has 2 saturated heterocycles. The summed E-state index contributed by atoms with van der Waals surface area (Å²) >= 11 is 0. The Morgan fingerprint density at radius 3 is 2.84 bits per heavy atom. The van der Waals surface area contributed by atoms with Crippen LogP contribution < -0.4 is 9.64 Å². The largest absolute Gasteiger partial charge is 0.497 e. The summed E-state index contributed by atoms with van der Waals surface area (Å²) in [5.74, 6) is 0.839. The summed E-state index contributed by atoms with van der Waals surface area (Å²) in [6, 6.07) is 5.92. The van der Waals surface area contributed by atoms with Crippen LogP contribution in [0.5, 0.6) is 5.75 Å². The summed E-state index contributed by atoms with van der Waals surface area (Å²) in [4.78, 5) is 35.3. The number of aromatic amines is 1. The summed E-state index contributed by atoms with van der Waals surface area (Å²) in [5, 5.41) is 1.07. The van der Waals surface area contributed by atoms with Crippen molar-refractivity contribution in [2.24, 2.45) is 0 Å². The lowest BCUT2D eigenvalue weighted by atomic mass is 9.83. The molecule has 3 aliphatic rings. The Kier molecular flexibility index (Phi) is 5.14. The summed E-state index contributed by atoms with van der Waals surface area (Å²) < 4.78 is 10.8. The molecule has 166 valence electrons. The van der Waals surface area contributed by atoms with E-state index in [-0.39, 0.29) is 18.4 Å². The first kappa shape index (κ1) is 20.3. The van der Waals surface area contributed by atoms with E-state index < -0.39 is 5.54 Å². The van der Waals surface area contributed by atoms with Gasteiger partial charge in [-0.25, -0.2) is 0 Å². The van der Waals surface area contributed by atoms with Crippen LogP contribution in [0.2, 0.25) is 0 Å². The molecule has 0 spiro atoms. The molecule has 1 aromatic heterocycles. The Labute approximate surface area is 182 Å². The first-order valence-electron chi connectivity index (χ1n) is 11.2. The Hall–Kier alpha value is -2.58. The van der Waals surface area contributed by atoms with E-state index in [2.05, 4.69) is 4.98 Å². The third-order valence-corrected chi connectivity index (χ3v) is 7.21. The summed E-state index contributed by atoms with van der Waals surface area (Å²) in [5.41, 5.74) is 1.96. The van der Waals surface area contributed by atoms with Gasteiger partial charge in [-0.3, -0.25) is 9.59 Å². The number of hydrogen-bond acceptors (Lipinski definition) is 4. The van der Waals surface area contributed by atoms with Crippen molar-refractivity contribution in [2.75, 3.05) is 59.6 Å². The number of H-pyrrole nitrogens is 1. The highest BCUT2D eigenvalue weighted by atomic mass is 16.5. The molecule has 8 heteroatoms. The second-order valence-corrected chi connectivity index (χ2v) is 8.95. The number of nitrogens with one attached hydrogen (secondary N) is 2. The zero-order valence-corrected chi connectivity index (χ0v) is 18.3. The van der Waals surface area contributed by atoms with E-state index in [9.17, 15) is 9.59 Å². The number of morpholine rings is 1. The van der Waals surface area contributed by atoms with Gasteiger partial charge in [0.1, 0.15) is 18.8 Å². The molecule has 0 unspecified atom stereocenters. The third kappa shape index (κ3) is 3.29. The van der Waals surface area contributed by atoms with Crippen LogP contribution in [-0.4, -0.2) is 86.2 Å².